The molecule has 0 spiro atoms. The van der Waals surface area contributed by atoms with Crippen LogP contribution in [-0.2, 0) is 11.3 Å². The summed E-state index contributed by atoms with van der Waals surface area (Å²) >= 11 is 1.38. The monoisotopic (exact) mass is 313 g/mol. The summed E-state index contributed by atoms with van der Waals surface area (Å²) in [5.41, 5.74) is 0.722. The predicted molar refractivity (Wildman–Crippen MR) is 84.0 cm³/mol. The molecular weight excluding hydrogens is 302 g/mol. The normalized spacial score (nSPS) is 10.5. The zero-order chi connectivity index (χ0) is 15.5. The Morgan fingerprint density at radius 1 is 1.14 bits per heavy atom. The average molecular weight is 313 g/mol. The molecule has 5 nitrogen and oxygen atoms in total. The van der Waals surface area contributed by atoms with Gasteiger partial charge < -0.3 is 4.74 Å². The topological polar surface area (TPSA) is 69.4 Å². The van der Waals surface area contributed by atoms with E-state index in [-0.39, 0.29) is 18.3 Å². The van der Waals surface area contributed by atoms with E-state index in [1.54, 1.807) is 18.2 Å². The van der Waals surface area contributed by atoms with Crippen LogP contribution in [0, 0.1) is 10.1 Å². The molecule has 0 aliphatic heterocycles. The summed E-state index contributed by atoms with van der Waals surface area (Å²) in [6.45, 7) is 0.0884. The van der Waals surface area contributed by atoms with Crippen LogP contribution in [0.15, 0.2) is 54.6 Å². The zero-order valence-corrected chi connectivity index (χ0v) is 12.2. The van der Waals surface area contributed by atoms with Crippen LogP contribution in [0.3, 0.4) is 0 Å². The van der Waals surface area contributed by atoms with Crippen molar-refractivity contribution in [2.75, 3.05) is 0 Å². The second-order valence-electron chi connectivity index (χ2n) is 4.65. The van der Waals surface area contributed by atoms with Crippen LogP contribution < -0.4 is 0 Å². The first-order chi connectivity index (χ1) is 10.6. The smallest absolute Gasteiger partial charge is 0.348 e. The summed E-state index contributed by atoms with van der Waals surface area (Å²) < 4.78 is 6.28. The number of hydrogen-bond donors (Lipinski definition) is 0. The number of nitro groups is 1. The molecule has 0 radical (unpaired) electrons. The van der Waals surface area contributed by atoms with E-state index in [0.29, 0.717) is 10.4 Å². The number of rotatable bonds is 4. The molecule has 22 heavy (non-hydrogen) atoms. The van der Waals surface area contributed by atoms with Gasteiger partial charge in [0.1, 0.15) is 11.5 Å². The van der Waals surface area contributed by atoms with Crippen LogP contribution in [0.5, 0.6) is 0 Å². The van der Waals surface area contributed by atoms with Crippen LogP contribution in [0.1, 0.15) is 15.2 Å². The summed E-state index contributed by atoms with van der Waals surface area (Å²) in [6.07, 6.45) is 0. The number of benzene rings is 2. The van der Waals surface area contributed by atoms with Crippen molar-refractivity contribution in [3.8, 4) is 0 Å². The van der Waals surface area contributed by atoms with Gasteiger partial charge in [0.25, 0.3) is 5.69 Å². The Bertz CT molecular complexity index is 806. The second kappa shape index (κ2) is 5.95. The van der Waals surface area contributed by atoms with Gasteiger partial charge in [0.2, 0.25) is 0 Å². The standard InChI is InChI=1S/C16H11NO4S/c18-16(15-9-12-3-1-2-4-14(12)22-15)21-10-11-5-7-13(8-6-11)17(19)20/h1-9H,10H2. The van der Waals surface area contributed by atoms with E-state index in [2.05, 4.69) is 0 Å². The molecule has 3 rings (SSSR count). The number of carbonyl (C=O) groups is 1. The molecule has 0 saturated heterocycles. The van der Waals surface area contributed by atoms with Gasteiger partial charge in [-0.3, -0.25) is 10.1 Å². The van der Waals surface area contributed by atoms with Crippen LogP contribution >= 0.6 is 11.3 Å². The van der Waals surface area contributed by atoms with Crippen molar-refractivity contribution >= 4 is 33.1 Å². The number of nitrogens with zero attached hydrogens (tertiary/aromatic N) is 1. The Balaban J connectivity index is 1.67. The summed E-state index contributed by atoms with van der Waals surface area (Å²) in [5.74, 6) is -0.389. The van der Waals surface area contributed by atoms with Gasteiger partial charge in [-0.1, -0.05) is 18.2 Å². The molecule has 2 aromatic carbocycles. The first kappa shape index (κ1) is 14.2. The van der Waals surface area contributed by atoms with E-state index < -0.39 is 4.92 Å². The van der Waals surface area contributed by atoms with E-state index in [1.807, 2.05) is 24.3 Å². The van der Waals surface area contributed by atoms with E-state index in [0.717, 1.165) is 10.1 Å². The maximum Gasteiger partial charge on any atom is 0.348 e. The molecule has 1 aromatic heterocycles. The minimum Gasteiger partial charge on any atom is -0.457 e. The maximum absolute atomic E-state index is 12.0. The molecule has 0 bridgehead atoms. The van der Waals surface area contributed by atoms with Crippen LogP contribution in [0.4, 0.5) is 5.69 Å². The minimum absolute atomic E-state index is 0.0135. The largest absolute Gasteiger partial charge is 0.457 e. The zero-order valence-electron chi connectivity index (χ0n) is 11.4. The van der Waals surface area contributed by atoms with Crippen molar-refractivity contribution in [2.45, 2.75) is 6.61 Å². The van der Waals surface area contributed by atoms with Gasteiger partial charge >= 0.3 is 5.97 Å². The molecule has 110 valence electrons. The van der Waals surface area contributed by atoms with Gasteiger partial charge in [0, 0.05) is 16.8 Å². The molecule has 0 aliphatic rings. The maximum atomic E-state index is 12.0. The fourth-order valence-corrected chi connectivity index (χ4v) is 2.97. The second-order valence-corrected chi connectivity index (χ2v) is 5.73. The Labute approximate surface area is 129 Å². The number of hydrogen-bond acceptors (Lipinski definition) is 5. The molecule has 3 aromatic rings. The lowest BCUT2D eigenvalue weighted by Gasteiger charge is -2.03. The molecule has 0 fully saturated rings. The summed E-state index contributed by atoms with van der Waals surface area (Å²) in [5, 5.41) is 11.6. The van der Waals surface area contributed by atoms with Crippen molar-refractivity contribution in [1.82, 2.24) is 0 Å². The third kappa shape index (κ3) is 2.96. The predicted octanol–water partition coefficient (Wildman–Crippen LogP) is 4.17. The quantitative estimate of drug-likeness (QED) is 0.412. The summed E-state index contributed by atoms with van der Waals surface area (Å²) in [4.78, 5) is 22.7. The lowest BCUT2D eigenvalue weighted by Crippen LogP contribution is -2.03. The highest BCUT2D eigenvalue weighted by Gasteiger charge is 2.12. The van der Waals surface area contributed by atoms with E-state index in [4.69, 9.17) is 4.74 Å². The van der Waals surface area contributed by atoms with Gasteiger partial charge in [-0.15, -0.1) is 11.3 Å². The van der Waals surface area contributed by atoms with Crippen molar-refractivity contribution in [3.63, 3.8) is 0 Å². The highest BCUT2D eigenvalue weighted by Crippen LogP contribution is 2.26. The Hall–Kier alpha value is -2.73. The van der Waals surface area contributed by atoms with E-state index >= 15 is 0 Å². The average Bonchev–Trinajstić information content (AvgIpc) is 2.97. The van der Waals surface area contributed by atoms with E-state index in [9.17, 15) is 14.9 Å². The lowest BCUT2D eigenvalue weighted by molar-refractivity contribution is -0.384. The number of thiophene rings is 1. The molecule has 0 N–H and O–H groups in total. The van der Waals surface area contributed by atoms with Crippen LogP contribution in [-0.4, -0.2) is 10.9 Å². The highest BCUT2D eigenvalue weighted by atomic mass is 32.1. The SMILES string of the molecule is O=C(OCc1ccc([N+](=O)[O-])cc1)c1cc2ccccc2s1. The summed E-state index contributed by atoms with van der Waals surface area (Å²) in [6, 6.07) is 15.5. The third-order valence-corrected chi connectivity index (χ3v) is 4.24. The number of fused-ring (bicyclic) bond motifs is 1. The van der Waals surface area contributed by atoms with Crippen molar-refractivity contribution in [2.24, 2.45) is 0 Å². The third-order valence-electron chi connectivity index (χ3n) is 3.14. The number of esters is 1. The van der Waals surface area contributed by atoms with Crippen molar-refractivity contribution in [3.05, 3.63) is 75.2 Å². The van der Waals surface area contributed by atoms with Crippen LogP contribution in [0.2, 0.25) is 0 Å². The Morgan fingerprint density at radius 2 is 1.86 bits per heavy atom. The van der Waals surface area contributed by atoms with Crippen molar-refractivity contribution < 1.29 is 14.5 Å². The molecule has 1 heterocycles. The van der Waals surface area contributed by atoms with Gasteiger partial charge in [-0.2, -0.15) is 0 Å². The molecule has 0 atom stereocenters. The van der Waals surface area contributed by atoms with Gasteiger partial charge in [0.15, 0.2) is 0 Å². The number of carbonyl (C=O) groups excluding carboxylic acids is 1. The Kier molecular flexibility index (Phi) is 3.84. The van der Waals surface area contributed by atoms with Crippen molar-refractivity contribution in [1.29, 1.82) is 0 Å². The molecule has 0 aliphatic carbocycles. The molecule has 0 saturated carbocycles. The Morgan fingerprint density at radius 3 is 2.55 bits per heavy atom. The van der Waals surface area contributed by atoms with Gasteiger partial charge in [-0.05, 0) is 35.2 Å². The van der Waals surface area contributed by atoms with E-state index in [1.165, 1.54) is 23.5 Å². The minimum atomic E-state index is -0.465. The number of ether oxygens (including phenoxy) is 1. The molecular formula is C16H11NO4S. The molecule has 0 amide bonds. The lowest BCUT2D eigenvalue weighted by atomic mass is 10.2. The molecule has 6 heteroatoms. The van der Waals surface area contributed by atoms with Gasteiger partial charge in [-0.25, -0.2) is 4.79 Å². The number of nitro benzene ring substituents is 1. The van der Waals surface area contributed by atoms with Gasteiger partial charge in [0.05, 0.1) is 4.92 Å². The molecule has 0 unspecified atom stereocenters. The number of non-ortho nitro benzene ring substituents is 1. The van der Waals surface area contributed by atoms with Crippen LogP contribution in [0.25, 0.3) is 10.1 Å². The highest BCUT2D eigenvalue weighted by molar-refractivity contribution is 7.20. The summed E-state index contributed by atoms with van der Waals surface area (Å²) in [7, 11) is 0. The fourth-order valence-electron chi connectivity index (χ4n) is 2.02. The first-order valence-electron chi connectivity index (χ1n) is 6.52. The fraction of sp³-hybridized carbons (Fsp3) is 0.0625. The first-order valence-corrected chi connectivity index (χ1v) is 7.34.